The van der Waals surface area contributed by atoms with E-state index in [2.05, 4.69) is 10.3 Å². The van der Waals surface area contributed by atoms with Crippen LogP contribution < -0.4 is 11.1 Å². The molecule has 7 nitrogen and oxygen atoms in total. The summed E-state index contributed by atoms with van der Waals surface area (Å²) in [6.07, 6.45) is 0.986. The number of hydrogen-bond acceptors (Lipinski definition) is 4. The SMILES string of the molecule is CCCc1cc(C(=O)N[C@H](CC(N)=O)C(=O)O)cc(Cl)n1. The Bertz CT molecular complexity index is 562. The second-order valence-corrected chi connectivity index (χ2v) is 4.84. The summed E-state index contributed by atoms with van der Waals surface area (Å²) < 4.78 is 0. The first-order chi connectivity index (χ1) is 9.83. The Labute approximate surface area is 126 Å². The molecule has 4 N–H and O–H groups in total. The van der Waals surface area contributed by atoms with Gasteiger partial charge in [0, 0.05) is 11.3 Å². The van der Waals surface area contributed by atoms with E-state index in [1.165, 1.54) is 12.1 Å². The van der Waals surface area contributed by atoms with Crippen molar-refractivity contribution < 1.29 is 19.5 Å². The fraction of sp³-hybridized carbons (Fsp3) is 0.385. The molecular weight excluding hydrogens is 298 g/mol. The van der Waals surface area contributed by atoms with E-state index in [9.17, 15) is 14.4 Å². The Morgan fingerprint density at radius 2 is 2.10 bits per heavy atom. The number of pyridine rings is 1. The van der Waals surface area contributed by atoms with Gasteiger partial charge in [-0.3, -0.25) is 9.59 Å². The number of aliphatic carboxylic acids is 1. The molecule has 1 rings (SSSR count). The van der Waals surface area contributed by atoms with Gasteiger partial charge in [0.1, 0.15) is 11.2 Å². The van der Waals surface area contributed by atoms with Gasteiger partial charge in [-0.1, -0.05) is 24.9 Å². The number of nitrogens with zero attached hydrogens (tertiary/aromatic N) is 1. The molecular formula is C13H16ClN3O4. The predicted octanol–water partition coefficient (Wildman–Crippen LogP) is 0.746. The van der Waals surface area contributed by atoms with Crippen LogP contribution in [-0.4, -0.2) is 33.9 Å². The van der Waals surface area contributed by atoms with Gasteiger partial charge >= 0.3 is 5.97 Å². The van der Waals surface area contributed by atoms with Crippen LogP contribution >= 0.6 is 11.6 Å². The van der Waals surface area contributed by atoms with Crippen molar-refractivity contribution >= 4 is 29.4 Å². The molecule has 0 spiro atoms. The van der Waals surface area contributed by atoms with Crippen LogP contribution in [0.5, 0.6) is 0 Å². The van der Waals surface area contributed by atoms with Crippen molar-refractivity contribution in [3.8, 4) is 0 Å². The van der Waals surface area contributed by atoms with E-state index in [4.69, 9.17) is 22.4 Å². The molecule has 0 radical (unpaired) electrons. The minimum Gasteiger partial charge on any atom is -0.480 e. The largest absolute Gasteiger partial charge is 0.480 e. The Hall–Kier alpha value is -2.15. The van der Waals surface area contributed by atoms with E-state index >= 15 is 0 Å². The van der Waals surface area contributed by atoms with Crippen molar-refractivity contribution in [2.75, 3.05) is 0 Å². The highest BCUT2D eigenvalue weighted by molar-refractivity contribution is 6.29. The molecule has 0 aliphatic heterocycles. The van der Waals surface area contributed by atoms with Crippen molar-refractivity contribution in [1.29, 1.82) is 0 Å². The zero-order valence-corrected chi connectivity index (χ0v) is 12.2. The van der Waals surface area contributed by atoms with Crippen molar-refractivity contribution in [3.63, 3.8) is 0 Å². The number of carboxylic acids is 1. The first-order valence-corrected chi connectivity index (χ1v) is 6.69. The van der Waals surface area contributed by atoms with Crippen molar-refractivity contribution in [3.05, 3.63) is 28.5 Å². The fourth-order valence-electron chi connectivity index (χ4n) is 1.71. The number of rotatable bonds is 7. The van der Waals surface area contributed by atoms with Gasteiger partial charge in [-0.25, -0.2) is 9.78 Å². The normalized spacial score (nSPS) is 11.7. The number of carbonyl (C=O) groups excluding carboxylic acids is 2. The molecule has 1 atom stereocenters. The molecule has 114 valence electrons. The summed E-state index contributed by atoms with van der Waals surface area (Å²) in [6.45, 7) is 1.95. The maximum absolute atomic E-state index is 12.0. The molecule has 0 aliphatic rings. The zero-order chi connectivity index (χ0) is 16.0. The minimum atomic E-state index is -1.38. The molecule has 0 unspecified atom stereocenters. The van der Waals surface area contributed by atoms with Gasteiger partial charge in [-0.05, 0) is 18.6 Å². The molecule has 8 heteroatoms. The van der Waals surface area contributed by atoms with Gasteiger partial charge in [0.15, 0.2) is 0 Å². The highest BCUT2D eigenvalue weighted by Gasteiger charge is 2.23. The van der Waals surface area contributed by atoms with E-state index in [1.54, 1.807) is 0 Å². The second kappa shape index (κ2) is 7.58. The molecule has 2 amide bonds. The molecule has 0 aliphatic carbocycles. The molecule has 21 heavy (non-hydrogen) atoms. The lowest BCUT2D eigenvalue weighted by atomic mass is 10.1. The van der Waals surface area contributed by atoms with Crippen LogP contribution in [0.1, 0.15) is 35.8 Å². The molecule has 0 bridgehead atoms. The highest BCUT2D eigenvalue weighted by Crippen LogP contribution is 2.13. The van der Waals surface area contributed by atoms with Crippen LogP contribution in [0.3, 0.4) is 0 Å². The third kappa shape index (κ3) is 5.39. The lowest BCUT2D eigenvalue weighted by Gasteiger charge is -2.13. The minimum absolute atomic E-state index is 0.146. The van der Waals surface area contributed by atoms with Gasteiger partial charge in [-0.2, -0.15) is 0 Å². The lowest BCUT2D eigenvalue weighted by Crippen LogP contribution is -2.43. The first-order valence-electron chi connectivity index (χ1n) is 6.32. The van der Waals surface area contributed by atoms with Crippen molar-refractivity contribution in [1.82, 2.24) is 10.3 Å². The number of halogens is 1. The summed E-state index contributed by atoms with van der Waals surface area (Å²) >= 11 is 5.83. The summed E-state index contributed by atoms with van der Waals surface area (Å²) in [5.41, 5.74) is 5.77. The summed E-state index contributed by atoms with van der Waals surface area (Å²) in [5, 5.41) is 11.3. The predicted molar refractivity (Wildman–Crippen MR) is 75.9 cm³/mol. The molecule has 1 heterocycles. The van der Waals surface area contributed by atoms with Crippen LogP contribution in [0.4, 0.5) is 0 Å². The fourth-order valence-corrected chi connectivity index (χ4v) is 1.94. The number of nitrogens with one attached hydrogen (secondary N) is 1. The quantitative estimate of drug-likeness (QED) is 0.641. The molecule has 0 saturated carbocycles. The van der Waals surface area contributed by atoms with E-state index in [0.29, 0.717) is 12.1 Å². The average Bonchev–Trinajstić information content (AvgIpc) is 2.36. The molecule has 0 saturated heterocycles. The smallest absolute Gasteiger partial charge is 0.326 e. The maximum Gasteiger partial charge on any atom is 0.326 e. The molecule has 1 aromatic heterocycles. The monoisotopic (exact) mass is 313 g/mol. The number of aryl methyl sites for hydroxylation is 1. The van der Waals surface area contributed by atoms with E-state index in [1.807, 2.05) is 6.92 Å². The third-order valence-electron chi connectivity index (χ3n) is 2.62. The standard InChI is InChI=1S/C13H16ClN3O4/c1-2-3-8-4-7(5-10(14)16-8)12(19)17-9(13(20)21)6-11(15)18/h4-5,9H,2-3,6H2,1H3,(H2,15,18)(H,17,19)(H,20,21)/t9-/m1/s1. The topological polar surface area (TPSA) is 122 Å². The van der Waals surface area contributed by atoms with Gasteiger partial charge in [0.2, 0.25) is 5.91 Å². The van der Waals surface area contributed by atoms with Crippen LogP contribution in [0, 0.1) is 0 Å². The number of aromatic nitrogens is 1. The van der Waals surface area contributed by atoms with Crippen LogP contribution in [0.15, 0.2) is 12.1 Å². The van der Waals surface area contributed by atoms with E-state index < -0.39 is 30.2 Å². The summed E-state index contributed by atoms with van der Waals surface area (Å²) in [7, 11) is 0. The van der Waals surface area contributed by atoms with Gasteiger partial charge < -0.3 is 16.2 Å². The van der Waals surface area contributed by atoms with Gasteiger partial charge in [0.25, 0.3) is 5.91 Å². The van der Waals surface area contributed by atoms with Gasteiger partial charge in [-0.15, -0.1) is 0 Å². The van der Waals surface area contributed by atoms with E-state index in [-0.39, 0.29) is 10.7 Å². The highest BCUT2D eigenvalue weighted by atomic mass is 35.5. The number of primary amides is 1. The maximum atomic E-state index is 12.0. The molecule has 0 fully saturated rings. The van der Waals surface area contributed by atoms with Crippen molar-refractivity contribution in [2.45, 2.75) is 32.2 Å². The lowest BCUT2D eigenvalue weighted by molar-refractivity contribution is -0.140. The Balaban J connectivity index is 2.91. The average molecular weight is 314 g/mol. The Morgan fingerprint density at radius 1 is 1.43 bits per heavy atom. The van der Waals surface area contributed by atoms with Gasteiger partial charge in [0.05, 0.1) is 6.42 Å². The number of carbonyl (C=O) groups is 3. The molecule has 1 aromatic rings. The van der Waals surface area contributed by atoms with E-state index in [0.717, 1.165) is 6.42 Å². The number of nitrogens with two attached hydrogens (primary N) is 1. The number of carboxylic acid groups (broad SMARTS) is 1. The van der Waals surface area contributed by atoms with Crippen LogP contribution in [0.2, 0.25) is 5.15 Å². The summed E-state index contributed by atoms with van der Waals surface area (Å²) in [5.74, 6) is -2.80. The van der Waals surface area contributed by atoms with Crippen LogP contribution in [0.25, 0.3) is 0 Å². The summed E-state index contributed by atoms with van der Waals surface area (Å²) in [6, 6.07) is 1.49. The zero-order valence-electron chi connectivity index (χ0n) is 11.4. The summed E-state index contributed by atoms with van der Waals surface area (Å²) in [4.78, 5) is 37.9. The Kier molecular flexibility index (Phi) is 6.10. The molecule has 0 aromatic carbocycles. The second-order valence-electron chi connectivity index (χ2n) is 4.45. The Morgan fingerprint density at radius 3 is 2.62 bits per heavy atom. The van der Waals surface area contributed by atoms with Crippen LogP contribution in [-0.2, 0) is 16.0 Å². The number of amides is 2. The number of hydrogen-bond donors (Lipinski definition) is 3. The van der Waals surface area contributed by atoms with Crippen molar-refractivity contribution in [2.24, 2.45) is 5.73 Å². The third-order valence-corrected chi connectivity index (χ3v) is 2.82. The first kappa shape index (κ1) is 16.9.